The molecule has 1 aromatic heterocycles. The number of rotatable bonds is 2. The number of ketones is 1. The van der Waals surface area contributed by atoms with E-state index in [-0.39, 0.29) is 36.5 Å². The number of aromatic nitrogens is 2. The predicted octanol–water partition coefficient (Wildman–Crippen LogP) is 4.22. The molecule has 2 saturated carbocycles. The van der Waals surface area contributed by atoms with Crippen LogP contribution in [0.5, 0.6) is 11.6 Å². The van der Waals surface area contributed by atoms with Crippen molar-refractivity contribution in [2.45, 2.75) is 77.5 Å². The molecule has 2 heterocycles. The molecule has 2 fully saturated rings. The van der Waals surface area contributed by atoms with Gasteiger partial charge in [0.1, 0.15) is 18.0 Å². The van der Waals surface area contributed by atoms with Gasteiger partial charge >= 0.3 is 12.1 Å². The Hall–Kier alpha value is -3.87. The topological polar surface area (TPSA) is 126 Å². The van der Waals surface area contributed by atoms with Gasteiger partial charge in [0, 0.05) is 18.4 Å². The molecule has 0 saturated heterocycles. The molecular formula is C31H37N3O7. The van der Waals surface area contributed by atoms with Gasteiger partial charge in [-0.1, -0.05) is 26.7 Å². The van der Waals surface area contributed by atoms with Crippen LogP contribution in [0.1, 0.15) is 65.0 Å². The van der Waals surface area contributed by atoms with Crippen LogP contribution in [-0.4, -0.2) is 60.3 Å². The summed E-state index contributed by atoms with van der Waals surface area (Å²) in [6.07, 6.45) is 2.36. The zero-order chi connectivity index (χ0) is 29.3. The van der Waals surface area contributed by atoms with Crippen molar-refractivity contribution in [1.29, 1.82) is 0 Å². The van der Waals surface area contributed by atoms with Crippen LogP contribution in [0.2, 0.25) is 0 Å². The number of carbonyl (C=O) groups excluding carboxylic acids is 3. The molecule has 6 atom stereocenters. The predicted molar refractivity (Wildman–Crippen MR) is 149 cm³/mol. The maximum Gasteiger partial charge on any atom is 0.408 e. The molecule has 5 rings (SSSR count). The number of fused-ring (bicyclic) bond motifs is 5. The smallest absolute Gasteiger partial charge is 0.408 e. The number of nitrogens with one attached hydrogen (secondary N) is 1. The summed E-state index contributed by atoms with van der Waals surface area (Å²) in [4.78, 5) is 49.1. The zero-order valence-electron chi connectivity index (χ0n) is 24.2. The fraction of sp³-hybridized carbons (Fsp3) is 0.581. The van der Waals surface area contributed by atoms with E-state index in [1.165, 1.54) is 7.11 Å². The van der Waals surface area contributed by atoms with Gasteiger partial charge in [0.25, 0.3) is 0 Å². The highest BCUT2D eigenvalue weighted by Crippen LogP contribution is 2.40. The summed E-state index contributed by atoms with van der Waals surface area (Å²) in [6.45, 7) is 5.63. The Morgan fingerprint density at radius 1 is 1.07 bits per heavy atom. The van der Waals surface area contributed by atoms with Crippen molar-refractivity contribution in [2.24, 2.45) is 23.2 Å². The molecule has 2 bridgehead atoms. The van der Waals surface area contributed by atoms with Crippen molar-refractivity contribution in [3.05, 3.63) is 23.9 Å². The fourth-order valence-electron chi connectivity index (χ4n) is 5.76. The van der Waals surface area contributed by atoms with E-state index in [1.807, 2.05) is 32.9 Å². The van der Waals surface area contributed by atoms with Crippen LogP contribution >= 0.6 is 0 Å². The van der Waals surface area contributed by atoms with Gasteiger partial charge in [-0.15, -0.1) is 0 Å². The van der Waals surface area contributed by atoms with Gasteiger partial charge in [0.2, 0.25) is 5.88 Å². The number of methoxy groups -OCH3 is 2. The highest BCUT2D eigenvalue weighted by molar-refractivity contribution is 5.93. The molecule has 3 aliphatic rings. The lowest BCUT2D eigenvalue weighted by Gasteiger charge is -2.32. The Morgan fingerprint density at radius 2 is 1.88 bits per heavy atom. The molecule has 0 spiro atoms. The summed E-state index contributed by atoms with van der Waals surface area (Å²) in [5.74, 6) is 5.26. The molecule has 0 radical (unpaired) electrons. The van der Waals surface area contributed by atoms with Crippen molar-refractivity contribution in [3.63, 3.8) is 0 Å². The van der Waals surface area contributed by atoms with Gasteiger partial charge < -0.3 is 24.3 Å². The van der Waals surface area contributed by atoms with E-state index < -0.39 is 41.5 Å². The Bertz CT molecular complexity index is 1410. The number of benzene rings is 1. The van der Waals surface area contributed by atoms with Crippen molar-refractivity contribution in [3.8, 4) is 23.5 Å². The highest BCUT2D eigenvalue weighted by Gasteiger charge is 2.49. The number of amides is 1. The molecule has 2 aromatic rings. The Balaban J connectivity index is 1.52. The normalized spacial score (nSPS) is 28.3. The number of hydrogen-bond donors (Lipinski definition) is 1. The van der Waals surface area contributed by atoms with Crippen LogP contribution in [0.3, 0.4) is 0 Å². The van der Waals surface area contributed by atoms with Crippen LogP contribution in [0.15, 0.2) is 18.2 Å². The first-order valence-corrected chi connectivity index (χ1v) is 14.2. The fourth-order valence-corrected chi connectivity index (χ4v) is 5.76. The first-order chi connectivity index (χ1) is 19.6. The Morgan fingerprint density at radius 3 is 2.61 bits per heavy atom. The van der Waals surface area contributed by atoms with Gasteiger partial charge in [-0.3, -0.25) is 9.59 Å². The van der Waals surface area contributed by atoms with Crippen molar-refractivity contribution >= 4 is 28.9 Å². The van der Waals surface area contributed by atoms with Crippen molar-refractivity contribution in [2.75, 3.05) is 14.2 Å². The molecular weight excluding hydrogens is 526 g/mol. The summed E-state index contributed by atoms with van der Waals surface area (Å²) in [5, 5.41) is 2.81. The second-order valence-corrected chi connectivity index (χ2v) is 12.2. The van der Waals surface area contributed by atoms with Gasteiger partial charge in [0.15, 0.2) is 11.5 Å². The number of Topliss-reactive ketones (excluding diaryl/α,β-unsaturated/α-hetero) is 1. The van der Waals surface area contributed by atoms with Gasteiger partial charge in [-0.05, 0) is 61.5 Å². The average molecular weight is 564 g/mol. The molecule has 1 amide bonds. The number of esters is 1. The molecule has 10 heteroatoms. The lowest BCUT2D eigenvalue weighted by Crippen LogP contribution is -2.52. The van der Waals surface area contributed by atoms with Crippen LogP contribution in [0.25, 0.3) is 11.0 Å². The number of hydrogen-bond acceptors (Lipinski definition) is 9. The maximum atomic E-state index is 14.0. The van der Waals surface area contributed by atoms with E-state index >= 15 is 0 Å². The number of nitrogens with zero attached hydrogens (tertiary/aromatic N) is 2. The quantitative estimate of drug-likeness (QED) is 0.422. The number of alkyl carbamates (subject to hydrolysis) is 1. The monoisotopic (exact) mass is 563 g/mol. The van der Waals surface area contributed by atoms with Gasteiger partial charge in [0.05, 0.1) is 37.2 Å². The van der Waals surface area contributed by atoms with Gasteiger partial charge in [-0.25, -0.2) is 14.8 Å². The minimum Gasteiger partial charge on any atom is -0.497 e. The van der Waals surface area contributed by atoms with Crippen LogP contribution in [-0.2, 0) is 19.1 Å². The molecule has 218 valence electrons. The first kappa shape index (κ1) is 28.7. The molecule has 41 heavy (non-hydrogen) atoms. The summed E-state index contributed by atoms with van der Waals surface area (Å²) in [6, 6.07) is 4.54. The molecule has 10 nitrogen and oxygen atoms in total. The largest absolute Gasteiger partial charge is 0.497 e. The number of carbonyl (C=O) groups is 3. The third-order valence-corrected chi connectivity index (χ3v) is 8.12. The second kappa shape index (κ2) is 11.6. The summed E-state index contributed by atoms with van der Waals surface area (Å²) in [5.41, 5.74) is 1.02. The van der Waals surface area contributed by atoms with Crippen LogP contribution in [0.4, 0.5) is 4.79 Å². The molecule has 1 aliphatic heterocycles. The van der Waals surface area contributed by atoms with E-state index in [4.69, 9.17) is 28.9 Å². The van der Waals surface area contributed by atoms with E-state index in [9.17, 15) is 14.4 Å². The maximum absolute atomic E-state index is 14.0. The molecule has 2 aliphatic carbocycles. The number of ether oxygens (including phenoxy) is 4. The van der Waals surface area contributed by atoms with Gasteiger partial charge in [-0.2, -0.15) is 0 Å². The Labute approximate surface area is 239 Å². The van der Waals surface area contributed by atoms with E-state index in [1.54, 1.807) is 13.2 Å². The molecule has 1 N–H and O–H groups in total. The zero-order valence-corrected chi connectivity index (χ0v) is 24.2. The SMILES string of the molecule is COC(=O)[C@@H]1CC2CC1C(=O)[C@H](C(C)(C)C)NC(=O)O[C@@H]1C[C@H]1CCCC#Cc1nc3ccc(OC)cc3nc1O2. The summed E-state index contributed by atoms with van der Waals surface area (Å²) in [7, 11) is 2.88. The lowest BCUT2D eigenvalue weighted by atomic mass is 9.77. The summed E-state index contributed by atoms with van der Waals surface area (Å²) >= 11 is 0. The standard InChI is InChI=1S/C31H37N3O7/c1-31(2,3)27-26(35)20-14-19(15-21(20)29(36)39-5)40-28-23(32-22-12-11-18(38-4)16-24(22)33-28)10-8-6-7-9-17-13-25(17)41-30(37)34-27/h11-12,16-17,19-21,25,27H,6-7,9,13-15H2,1-5H3,(H,34,37)/t17-,19?,20?,21-,25-,27-/m1/s1. The summed E-state index contributed by atoms with van der Waals surface area (Å²) < 4.78 is 22.4. The average Bonchev–Trinajstić information content (AvgIpc) is 3.53. The second-order valence-electron chi connectivity index (χ2n) is 12.2. The molecule has 1 aromatic carbocycles. The van der Waals surface area contributed by atoms with E-state index in [0.717, 1.165) is 19.3 Å². The lowest BCUT2D eigenvalue weighted by molar-refractivity contribution is -0.149. The van der Waals surface area contributed by atoms with Crippen molar-refractivity contribution < 1.29 is 33.3 Å². The van der Waals surface area contributed by atoms with E-state index in [2.05, 4.69) is 17.2 Å². The Kier molecular flexibility index (Phi) is 8.07. The minimum absolute atomic E-state index is 0.167. The highest BCUT2D eigenvalue weighted by atomic mass is 16.6. The third kappa shape index (κ3) is 6.39. The van der Waals surface area contributed by atoms with E-state index in [0.29, 0.717) is 28.9 Å². The minimum atomic E-state index is -0.864. The molecule has 2 unspecified atom stereocenters. The van der Waals surface area contributed by atoms with Crippen molar-refractivity contribution in [1.82, 2.24) is 15.3 Å². The van der Waals surface area contributed by atoms with Crippen LogP contribution < -0.4 is 14.8 Å². The van der Waals surface area contributed by atoms with Crippen LogP contribution in [0, 0.1) is 35.0 Å². The first-order valence-electron chi connectivity index (χ1n) is 14.2. The third-order valence-electron chi connectivity index (χ3n) is 8.12.